The van der Waals surface area contributed by atoms with Gasteiger partial charge < -0.3 is 15.2 Å². The van der Waals surface area contributed by atoms with E-state index in [9.17, 15) is 0 Å². The number of hydrogen-bond acceptors (Lipinski definition) is 5. The lowest BCUT2D eigenvalue weighted by Crippen LogP contribution is -2.24. The summed E-state index contributed by atoms with van der Waals surface area (Å²) in [6.45, 7) is 0.159. The van der Waals surface area contributed by atoms with Gasteiger partial charge in [-0.05, 0) is 18.3 Å². The molecular formula is C10H8N4O2S. The number of thiocarbonyl (C=S) groups is 1. The van der Waals surface area contributed by atoms with Gasteiger partial charge in [-0.15, -0.1) is 0 Å². The number of fused-ring (bicyclic) bond motifs is 1. The lowest BCUT2D eigenvalue weighted by Gasteiger charge is -2.01. The Labute approximate surface area is 103 Å². The summed E-state index contributed by atoms with van der Waals surface area (Å²) >= 11 is 4.59. The monoisotopic (exact) mass is 248 g/mol. The molecule has 1 aromatic rings. The first kappa shape index (κ1) is 11.2. The SMILES string of the molecule is N#Cc1cc2c(cc1/C=N/NC(N)=S)OCO2. The molecule has 0 saturated heterocycles. The minimum atomic E-state index is 0.0560. The Morgan fingerprint density at radius 3 is 2.88 bits per heavy atom. The summed E-state index contributed by atoms with van der Waals surface area (Å²) in [6, 6.07) is 5.32. The summed E-state index contributed by atoms with van der Waals surface area (Å²) in [5, 5.41) is 12.8. The number of nitrogens with two attached hydrogens (primary N) is 1. The molecule has 3 N–H and O–H groups in total. The molecule has 0 amide bonds. The number of ether oxygens (including phenoxy) is 2. The first-order valence-electron chi connectivity index (χ1n) is 4.63. The summed E-state index contributed by atoms with van der Waals surface area (Å²) in [5.41, 5.74) is 8.66. The van der Waals surface area contributed by atoms with E-state index < -0.39 is 0 Å². The molecule has 2 rings (SSSR count). The molecule has 1 aliphatic heterocycles. The predicted octanol–water partition coefficient (Wildman–Crippen LogP) is 0.454. The number of nitrogens with one attached hydrogen (secondary N) is 1. The third-order valence-corrected chi connectivity index (χ3v) is 2.13. The molecule has 0 aliphatic carbocycles. The summed E-state index contributed by atoms with van der Waals surface area (Å²) in [6.07, 6.45) is 1.44. The smallest absolute Gasteiger partial charge is 0.231 e. The Balaban J connectivity index is 2.30. The van der Waals surface area contributed by atoms with Crippen LogP contribution in [0.15, 0.2) is 17.2 Å². The van der Waals surface area contributed by atoms with E-state index >= 15 is 0 Å². The molecular weight excluding hydrogens is 240 g/mol. The number of rotatable bonds is 2. The molecule has 0 radical (unpaired) electrons. The number of hydrogen-bond donors (Lipinski definition) is 2. The normalized spacial score (nSPS) is 12.4. The van der Waals surface area contributed by atoms with Gasteiger partial charge in [-0.2, -0.15) is 10.4 Å². The van der Waals surface area contributed by atoms with Gasteiger partial charge in [-0.1, -0.05) is 0 Å². The van der Waals surface area contributed by atoms with Crippen LogP contribution in [0.2, 0.25) is 0 Å². The summed E-state index contributed by atoms with van der Waals surface area (Å²) in [4.78, 5) is 0. The Kier molecular flexibility index (Phi) is 3.07. The highest BCUT2D eigenvalue weighted by molar-refractivity contribution is 7.80. The van der Waals surface area contributed by atoms with Crippen LogP contribution < -0.4 is 20.6 Å². The van der Waals surface area contributed by atoms with Crippen LogP contribution in [0.1, 0.15) is 11.1 Å². The molecule has 0 bridgehead atoms. The maximum absolute atomic E-state index is 8.98. The highest BCUT2D eigenvalue weighted by Gasteiger charge is 2.16. The van der Waals surface area contributed by atoms with Gasteiger partial charge in [0.25, 0.3) is 0 Å². The fraction of sp³-hybridized carbons (Fsp3) is 0.100. The molecule has 0 unspecified atom stereocenters. The molecule has 0 aromatic heterocycles. The lowest BCUT2D eigenvalue weighted by atomic mass is 10.1. The number of hydrazone groups is 1. The van der Waals surface area contributed by atoms with Crippen molar-refractivity contribution in [2.24, 2.45) is 10.8 Å². The van der Waals surface area contributed by atoms with Crippen LogP contribution in [0.25, 0.3) is 0 Å². The van der Waals surface area contributed by atoms with Crippen LogP contribution in [0.5, 0.6) is 11.5 Å². The van der Waals surface area contributed by atoms with E-state index in [0.29, 0.717) is 22.6 Å². The molecule has 17 heavy (non-hydrogen) atoms. The Morgan fingerprint density at radius 2 is 2.24 bits per heavy atom. The van der Waals surface area contributed by atoms with Gasteiger partial charge in [0, 0.05) is 11.6 Å². The summed E-state index contributed by atoms with van der Waals surface area (Å²) in [7, 11) is 0. The van der Waals surface area contributed by atoms with Gasteiger partial charge in [-0.3, -0.25) is 5.43 Å². The second-order valence-electron chi connectivity index (χ2n) is 3.14. The standard InChI is InChI=1S/C10H8N4O2S/c11-3-6-1-8-9(16-5-15-8)2-7(6)4-13-14-10(12)17/h1-2,4H,5H2,(H3,12,14,17)/b13-4+. The molecule has 0 saturated carbocycles. The first-order valence-corrected chi connectivity index (χ1v) is 5.04. The molecule has 0 atom stereocenters. The van der Waals surface area contributed by atoms with E-state index in [2.05, 4.69) is 22.7 Å². The fourth-order valence-corrected chi connectivity index (χ4v) is 1.38. The van der Waals surface area contributed by atoms with E-state index in [0.717, 1.165) is 0 Å². The van der Waals surface area contributed by atoms with Crippen molar-refractivity contribution in [2.45, 2.75) is 0 Å². The molecule has 7 heteroatoms. The summed E-state index contributed by atoms with van der Waals surface area (Å²) < 4.78 is 10.4. The molecule has 86 valence electrons. The van der Waals surface area contributed by atoms with Crippen LogP contribution in [0.4, 0.5) is 0 Å². The van der Waals surface area contributed by atoms with Crippen molar-refractivity contribution < 1.29 is 9.47 Å². The third kappa shape index (κ3) is 2.43. The Hall–Kier alpha value is -2.33. The van der Waals surface area contributed by atoms with Gasteiger partial charge in [0.2, 0.25) is 6.79 Å². The second kappa shape index (κ2) is 4.67. The number of nitrogens with zero attached hydrogens (tertiary/aromatic N) is 2. The zero-order chi connectivity index (χ0) is 12.3. The maximum atomic E-state index is 8.98. The molecule has 0 fully saturated rings. The van der Waals surface area contributed by atoms with E-state index in [-0.39, 0.29) is 11.9 Å². The molecule has 6 nitrogen and oxygen atoms in total. The average molecular weight is 248 g/mol. The topological polar surface area (TPSA) is 92.7 Å². The van der Waals surface area contributed by atoms with Crippen LogP contribution in [-0.2, 0) is 0 Å². The van der Waals surface area contributed by atoms with E-state index in [4.69, 9.17) is 20.5 Å². The van der Waals surface area contributed by atoms with Crippen molar-refractivity contribution >= 4 is 23.5 Å². The minimum absolute atomic E-state index is 0.0560. The highest BCUT2D eigenvalue weighted by atomic mass is 32.1. The predicted molar refractivity (Wildman–Crippen MR) is 64.8 cm³/mol. The highest BCUT2D eigenvalue weighted by Crippen LogP contribution is 2.34. The Morgan fingerprint density at radius 1 is 1.53 bits per heavy atom. The largest absolute Gasteiger partial charge is 0.454 e. The van der Waals surface area contributed by atoms with Gasteiger partial charge in [0.1, 0.15) is 0 Å². The van der Waals surface area contributed by atoms with Crippen LogP contribution in [0.3, 0.4) is 0 Å². The van der Waals surface area contributed by atoms with E-state index in [1.165, 1.54) is 6.21 Å². The van der Waals surface area contributed by atoms with Crippen molar-refractivity contribution in [3.8, 4) is 17.6 Å². The summed E-state index contributed by atoms with van der Waals surface area (Å²) in [5.74, 6) is 1.14. The average Bonchev–Trinajstić information content (AvgIpc) is 2.74. The second-order valence-corrected chi connectivity index (χ2v) is 3.58. The molecule has 1 aliphatic rings. The Bertz CT molecular complexity index is 536. The lowest BCUT2D eigenvalue weighted by molar-refractivity contribution is 0.174. The van der Waals surface area contributed by atoms with E-state index in [1.54, 1.807) is 12.1 Å². The van der Waals surface area contributed by atoms with Crippen LogP contribution >= 0.6 is 12.2 Å². The van der Waals surface area contributed by atoms with Gasteiger partial charge >= 0.3 is 0 Å². The maximum Gasteiger partial charge on any atom is 0.231 e. The quantitative estimate of drug-likeness (QED) is 0.448. The van der Waals surface area contributed by atoms with E-state index in [1.807, 2.05) is 6.07 Å². The number of nitriles is 1. The van der Waals surface area contributed by atoms with Gasteiger partial charge in [0.05, 0.1) is 17.8 Å². The first-order chi connectivity index (χ1) is 8.20. The number of benzene rings is 1. The zero-order valence-corrected chi connectivity index (χ0v) is 9.45. The zero-order valence-electron chi connectivity index (χ0n) is 8.64. The van der Waals surface area contributed by atoms with Gasteiger partial charge in [-0.25, -0.2) is 0 Å². The van der Waals surface area contributed by atoms with Crippen molar-refractivity contribution in [1.82, 2.24) is 5.43 Å². The molecule has 1 aromatic carbocycles. The van der Waals surface area contributed by atoms with Crippen molar-refractivity contribution in [1.29, 1.82) is 5.26 Å². The minimum Gasteiger partial charge on any atom is -0.454 e. The third-order valence-electron chi connectivity index (χ3n) is 2.04. The van der Waals surface area contributed by atoms with Crippen LogP contribution in [0, 0.1) is 11.3 Å². The molecule has 1 heterocycles. The van der Waals surface area contributed by atoms with Crippen molar-refractivity contribution in [3.63, 3.8) is 0 Å². The van der Waals surface area contributed by atoms with Crippen molar-refractivity contribution in [2.75, 3.05) is 6.79 Å². The molecule has 0 spiro atoms. The van der Waals surface area contributed by atoms with Gasteiger partial charge in [0.15, 0.2) is 16.6 Å². The fourth-order valence-electron chi connectivity index (χ4n) is 1.33. The van der Waals surface area contributed by atoms with Crippen molar-refractivity contribution in [3.05, 3.63) is 23.3 Å². The van der Waals surface area contributed by atoms with Crippen LogP contribution in [-0.4, -0.2) is 18.1 Å².